The van der Waals surface area contributed by atoms with Crippen LogP contribution in [0.1, 0.15) is 23.6 Å². The van der Waals surface area contributed by atoms with Crippen molar-refractivity contribution < 1.29 is 9.59 Å². The number of hydrogen-bond acceptors (Lipinski definition) is 3. The first kappa shape index (κ1) is 16.2. The van der Waals surface area contributed by atoms with Gasteiger partial charge in [0.2, 0.25) is 0 Å². The first-order valence-electron chi connectivity index (χ1n) is 7.33. The molecule has 2 aromatic rings. The van der Waals surface area contributed by atoms with E-state index in [1.54, 1.807) is 31.2 Å². The number of nitriles is 1. The first-order chi connectivity index (χ1) is 11.4. The summed E-state index contributed by atoms with van der Waals surface area (Å²) in [5, 5.41) is 11.6. The molecule has 1 atom stereocenters. The minimum absolute atomic E-state index is 0.204. The second kappa shape index (κ2) is 6.10. The Labute approximate surface area is 148 Å². The molecule has 0 saturated carbocycles. The zero-order valence-electron chi connectivity index (χ0n) is 12.9. The molecule has 0 unspecified atom stereocenters. The summed E-state index contributed by atoms with van der Waals surface area (Å²) in [6, 6.07) is 15.8. The Balaban J connectivity index is 1.88. The smallest absolute Gasteiger partial charge is 0.319 e. The summed E-state index contributed by atoms with van der Waals surface area (Å²) < 4.78 is 0.891. The highest BCUT2D eigenvalue weighted by molar-refractivity contribution is 9.10. The monoisotopic (exact) mass is 383 g/mol. The summed E-state index contributed by atoms with van der Waals surface area (Å²) in [4.78, 5) is 26.4. The Kier molecular flexibility index (Phi) is 4.12. The molecule has 3 rings (SSSR count). The molecule has 0 aromatic heterocycles. The van der Waals surface area contributed by atoms with Crippen molar-refractivity contribution in [3.8, 4) is 6.07 Å². The Morgan fingerprint density at radius 1 is 1.21 bits per heavy atom. The van der Waals surface area contributed by atoms with Gasteiger partial charge in [0.15, 0.2) is 0 Å². The number of rotatable bonds is 3. The third kappa shape index (κ3) is 2.79. The summed E-state index contributed by atoms with van der Waals surface area (Å²) in [5.41, 5.74) is 0.885. The number of carbonyl (C=O) groups excluding carboxylic acids is 2. The molecule has 0 aliphatic carbocycles. The van der Waals surface area contributed by atoms with Gasteiger partial charge in [-0.3, -0.25) is 9.69 Å². The molecule has 1 saturated heterocycles. The molecule has 1 aliphatic heterocycles. The zero-order valence-corrected chi connectivity index (χ0v) is 14.5. The van der Waals surface area contributed by atoms with E-state index < -0.39 is 11.6 Å². The molecule has 6 heteroatoms. The van der Waals surface area contributed by atoms with Crippen molar-refractivity contribution in [3.63, 3.8) is 0 Å². The SMILES string of the molecule is C[C@]1(c2ccc(C#N)cc2)NC(=O)N(Cc2cccc(Br)c2)C1=O. The lowest BCUT2D eigenvalue weighted by atomic mass is 9.91. The number of benzene rings is 2. The van der Waals surface area contributed by atoms with Crippen LogP contribution in [0.2, 0.25) is 0 Å². The Hall–Kier alpha value is -2.65. The van der Waals surface area contributed by atoms with E-state index in [4.69, 9.17) is 5.26 Å². The van der Waals surface area contributed by atoms with Crippen LogP contribution in [-0.2, 0) is 16.9 Å². The van der Waals surface area contributed by atoms with Gasteiger partial charge in [-0.25, -0.2) is 4.79 Å². The third-order valence-corrected chi connectivity index (χ3v) is 4.59. The van der Waals surface area contributed by atoms with Crippen LogP contribution in [0.25, 0.3) is 0 Å². The predicted octanol–water partition coefficient (Wildman–Crippen LogP) is 3.29. The quantitative estimate of drug-likeness (QED) is 0.826. The third-order valence-electron chi connectivity index (χ3n) is 4.10. The van der Waals surface area contributed by atoms with Gasteiger partial charge in [0.05, 0.1) is 18.2 Å². The summed E-state index contributed by atoms with van der Waals surface area (Å²) in [6.45, 7) is 1.88. The van der Waals surface area contributed by atoms with E-state index in [1.165, 1.54) is 4.90 Å². The molecule has 1 heterocycles. The fourth-order valence-corrected chi connectivity index (χ4v) is 3.18. The van der Waals surface area contributed by atoms with Crippen molar-refractivity contribution in [3.05, 3.63) is 69.7 Å². The number of nitrogens with zero attached hydrogens (tertiary/aromatic N) is 2. The molecule has 120 valence electrons. The summed E-state index contributed by atoms with van der Waals surface area (Å²) >= 11 is 3.38. The van der Waals surface area contributed by atoms with Crippen molar-refractivity contribution in [2.45, 2.75) is 19.0 Å². The second-order valence-corrected chi connectivity index (χ2v) is 6.68. The van der Waals surface area contributed by atoms with Crippen molar-refractivity contribution in [2.24, 2.45) is 0 Å². The van der Waals surface area contributed by atoms with Crippen LogP contribution in [0.15, 0.2) is 53.0 Å². The standard InChI is InChI=1S/C18H14BrN3O2/c1-18(14-7-5-12(10-20)6-8-14)16(23)22(17(24)21-18)11-13-3-2-4-15(19)9-13/h2-9H,11H2,1H3,(H,21,24)/t18-/m1/s1. The lowest BCUT2D eigenvalue weighted by molar-refractivity contribution is -0.131. The van der Waals surface area contributed by atoms with Crippen LogP contribution in [0.5, 0.6) is 0 Å². The molecule has 5 nitrogen and oxygen atoms in total. The van der Waals surface area contributed by atoms with Gasteiger partial charge in [0.1, 0.15) is 5.54 Å². The lowest BCUT2D eigenvalue weighted by Crippen LogP contribution is -2.40. The maximum atomic E-state index is 12.8. The summed E-state index contributed by atoms with van der Waals surface area (Å²) in [6.07, 6.45) is 0. The number of carbonyl (C=O) groups is 2. The van der Waals surface area contributed by atoms with Crippen LogP contribution in [0, 0.1) is 11.3 Å². The van der Waals surface area contributed by atoms with Crippen molar-refractivity contribution in [2.75, 3.05) is 0 Å². The number of hydrogen-bond donors (Lipinski definition) is 1. The van der Waals surface area contributed by atoms with E-state index in [-0.39, 0.29) is 12.5 Å². The van der Waals surface area contributed by atoms with Gasteiger partial charge in [-0.15, -0.1) is 0 Å². The van der Waals surface area contributed by atoms with Gasteiger partial charge in [0, 0.05) is 4.47 Å². The zero-order chi connectivity index (χ0) is 17.3. The van der Waals surface area contributed by atoms with Gasteiger partial charge < -0.3 is 5.32 Å². The molecule has 0 radical (unpaired) electrons. The number of amides is 3. The van der Waals surface area contributed by atoms with Crippen LogP contribution in [0.3, 0.4) is 0 Å². The van der Waals surface area contributed by atoms with Gasteiger partial charge >= 0.3 is 6.03 Å². The number of nitrogens with one attached hydrogen (secondary N) is 1. The number of halogens is 1. The molecular formula is C18H14BrN3O2. The second-order valence-electron chi connectivity index (χ2n) is 5.77. The van der Waals surface area contributed by atoms with Crippen LogP contribution in [-0.4, -0.2) is 16.8 Å². The van der Waals surface area contributed by atoms with Gasteiger partial charge in [-0.05, 0) is 42.3 Å². The van der Waals surface area contributed by atoms with E-state index >= 15 is 0 Å². The predicted molar refractivity (Wildman–Crippen MR) is 91.7 cm³/mol. The lowest BCUT2D eigenvalue weighted by Gasteiger charge is -2.22. The van der Waals surface area contributed by atoms with Crippen LogP contribution in [0.4, 0.5) is 4.79 Å². The first-order valence-corrected chi connectivity index (χ1v) is 8.12. The Morgan fingerprint density at radius 2 is 1.92 bits per heavy atom. The molecule has 1 fully saturated rings. The van der Waals surface area contributed by atoms with E-state index in [1.807, 2.05) is 30.3 Å². The highest BCUT2D eigenvalue weighted by Gasteiger charge is 2.48. The molecule has 2 aromatic carbocycles. The van der Waals surface area contributed by atoms with Gasteiger partial charge in [-0.1, -0.05) is 40.2 Å². The summed E-state index contributed by atoms with van der Waals surface area (Å²) in [7, 11) is 0. The van der Waals surface area contributed by atoms with Crippen molar-refractivity contribution in [1.29, 1.82) is 5.26 Å². The van der Waals surface area contributed by atoms with E-state index in [9.17, 15) is 9.59 Å². The largest absolute Gasteiger partial charge is 0.325 e. The van der Waals surface area contributed by atoms with E-state index in [0.717, 1.165) is 10.0 Å². The van der Waals surface area contributed by atoms with Gasteiger partial charge in [0.25, 0.3) is 5.91 Å². The highest BCUT2D eigenvalue weighted by atomic mass is 79.9. The van der Waals surface area contributed by atoms with E-state index in [2.05, 4.69) is 21.2 Å². The molecule has 3 amide bonds. The average molecular weight is 384 g/mol. The maximum Gasteiger partial charge on any atom is 0.325 e. The molecule has 24 heavy (non-hydrogen) atoms. The van der Waals surface area contributed by atoms with Crippen molar-refractivity contribution in [1.82, 2.24) is 10.2 Å². The van der Waals surface area contributed by atoms with Crippen molar-refractivity contribution >= 4 is 27.9 Å². The maximum absolute atomic E-state index is 12.8. The molecule has 1 N–H and O–H groups in total. The summed E-state index contributed by atoms with van der Waals surface area (Å²) in [5.74, 6) is -0.308. The number of imide groups is 1. The van der Waals surface area contributed by atoms with Crippen LogP contribution >= 0.6 is 15.9 Å². The Morgan fingerprint density at radius 3 is 2.54 bits per heavy atom. The minimum Gasteiger partial charge on any atom is -0.319 e. The Bertz CT molecular complexity index is 857. The van der Waals surface area contributed by atoms with E-state index in [0.29, 0.717) is 11.1 Å². The van der Waals surface area contributed by atoms with Crippen LogP contribution < -0.4 is 5.32 Å². The molecule has 1 aliphatic rings. The average Bonchev–Trinajstić information content (AvgIpc) is 2.79. The molecule has 0 bridgehead atoms. The molecular weight excluding hydrogens is 370 g/mol. The fourth-order valence-electron chi connectivity index (χ4n) is 2.73. The minimum atomic E-state index is -1.13. The van der Waals surface area contributed by atoms with Gasteiger partial charge in [-0.2, -0.15) is 5.26 Å². The fraction of sp³-hybridized carbons (Fsp3) is 0.167. The number of urea groups is 1. The normalized spacial score (nSPS) is 20.0. The highest BCUT2D eigenvalue weighted by Crippen LogP contribution is 2.30. The topological polar surface area (TPSA) is 73.2 Å². The molecule has 0 spiro atoms.